The molecule has 0 rings (SSSR count). The van der Waals surface area contributed by atoms with Gasteiger partial charge in [-0.1, -0.05) is 61.5 Å². The van der Waals surface area contributed by atoms with E-state index in [4.69, 9.17) is 8.85 Å². The molecule has 138 valence electrons. The molecule has 0 bridgehead atoms. The van der Waals surface area contributed by atoms with Crippen molar-refractivity contribution in [2.24, 2.45) is 5.41 Å². The molecule has 0 N–H and O–H groups in total. The van der Waals surface area contributed by atoms with Crippen LogP contribution in [0.2, 0.25) is 36.3 Å². The monoisotopic (exact) mass is 358 g/mol. The van der Waals surface area contributed by atoms with Gasteiger partial charge in [0, 0.05) is 12.0 Å². The van der Waals surface area contributed by atoms with Crippen LogP contribution in [0.25, 0.3) is 0 Å². The first-order valence-corrected chi connectivity index (χ1v) is 14.6. The first-order chi connectivity index (χ1) is 9.87. The lowest BCUT2D eigenvalue weighted by molar-refractivity contribution is 0.0496. The van der Waals surface area contributed by atoms with Crippen molar-refractivity contribution >= 4 is 16.6 Å². The fourth-order valence-corrected chi connectivity index (χ4v) is 4.26. The zero-order chi connectivity index (χ0) is 18.9. The zero-order valence-electron chi connectivity index (χ0n) is 17.9. The van der Waals surface area contributed by atoms with Crippen LogP contribution < -0.4 is 0 Å². The summed E-state index contributed by atoms with van der Waals surface area (Å²) in [5, 5.41) is 0.428. The van der Waals surface area contributed by atoms with Gasteiger partial charge in [0.15, 0.2) is 16.6 Å². The topological polar surface area (TPSA) is 18.5 Å². The van der Waals surface area contributed by atoms with E-state index in [1.165, 1.54) is 0 Å². The van der Waals surface area contributed by atoms with Crippen LogP contribution in [0.15, 0.2) is 12.7 Å². The van der Waals surface area contributed by atoms with Gasteiger partial charge in [0.1, 0.15) is 0 Å². The quantitative estimate of drug-likeness (QED) is 0.376. The maximum absolute atomic E-state index is 6.62. The van der Waals surface area contributed by atoms with Gasteiger partial charge in [0.2, 0.25) is 0 Å². The lowest BCUT2D eigenvalue weighted by atomic mass is 9.88. The summed E-state index contributed by atoms with van der Waals surface area (Å²) in [5.41, 5.74) is -0.0766. The first-order valence-electron chi connectivity index (χ1n) is 8.82. The van der Waals surface area contributed by atoms with E-state index >= 15 is 0 Å². The molecule has 0 unspecified atom stereocenters. The summed E-state index contributed by atoms with van der Waals surface area (Å²) < 4.78 is 13.1. The molecule has 0 aliphatic rings. The van der Waals surface area contributed by atoms with Crippen LogP contribution in [0.5, 0.6) is 0 Å². The molecule has 23 heavy (non-hydrogen) atoms. The Kier molecular flexibility index (Phi) is 7.17. The molecule has 0 fully saturated rings. The van der Waals surface area contributed by atoms with E-state index in [1.54, 1.807) is 0 Å². The summed E-state index contributed by atoms with van der Waals surface area (Å²) in [4.78, 5) is 0. The molecule has 2 nitrogen and oxygen atoms in total. The molecule has 0 aliphatic carbocycles. The van der Waals surface area contributed by atoms with E-state index in [1.807, 2.05) is 6.08 Å². The molecule has 0 radical (unpaired) electrons. The molecular weight excluding hydrogens is 316 g/mol. The Morgan fingerprint density at radius 2 is 1.22 bits per heavy atom. The average molecular weight is 359 g/mol. The predicted molar refractivity (Wildman–Crippen MR) is 109 cm³/mol. The van der Waals surface area contributed by atoms with E-state index in [9.17, 15) is 0 Å². The summed E-state index contributed by atoms with van der Waals surface area (Å²) in [6.07, 6.45) is 1.99. The van der Waals surface area contributed by atoms with Gasteiger partial charge in [-0.05, 0) is 36.3 Å². The Morgan fingerprint density at radius 1 is 0.826 bits per heavy atom. The lowest BCUT2D eigenvalue weighted by Gasteiger charge is -2.45. The van der Waals surface area contributed by atoms with E-state index < -0.39 is 16.6 Å². The van der Waals surface area contributed by atoms with Gasteiger partial charge in [0.05, 0.1) is 6.10 Å². The van der Waals surface area contributed by atoms with Crippen molar-refractivity contribution in [2.45, 2.75) is 97.8 Å². The van der Waals surface area contributed by atoms with Gasteiger partial charge in [-0.2, -0.15) is 0 Å². The van der Waals surface area contributed by atoms with Crippen molar-refractivity contribution in [3.8, 4) is 0 Å². The van der Waals surface area contributed by atoms with Gasteiger partial charge in [-0.25, -0.2) is 0 Å². The highest BCUT2D eigenvalue weighted by Crippen LogP contribution is 2.41. The van der Waals surface area contributed by atoms with Crippen LogP contribution in [0.1, 0.15) is 55.4 Å². The van der Waals surface area contributed by atoms with Crippen LogP contribution >= 0.6 is 0 Å². The Hall–Kier alpha value is 0.0938. The Morgan fingerprint density at radius 3 is 1.52 bits per heavy atom. The maximum atomic E-state index is 6.62. The van der Waals surface area contributed by atoms with Gasteiger partial charge < -0.3 is 8.85 Å². The smallest absolute Gasteiger partial charge is 0.192 e. The molecule has 0 saturated carbocycles. The summed E-state index contributed by atoms with van der Waals surface area (Å²) in [7, 11) is -3.57. The molecule has 0 aromatic rings. The fraction of sp³-hybridized carbons (Fsp3) is 0.895. The van der Waals surface area contributed by atoms with Crippen LogP contribution in [0.4, 0.5) is 0 Å². The van der Waals surface area contributed by atoms with Crippen molar-refractivity contribution in [1.29, 1.82) is 0 Å². The van der Waals surface area contributed by atoms with Crippen molar-refractivity contribution in [3.05, 3.63) is 12.7 Å². The molecular formula is C19H42O2Si2. The molecule has 0 spiro atoms. The Balaban J connectivity index is 5.13. The highest BCUT2D eigenvalue weighted by molar-refractivity contribution is 6.74. The third-order valence-corrected chi connectivity index (χ3v) is 14.8. The summed E-state index contributed by atoms with van der Waals surface area (Å²) >= 11 is 0. The first kappa shape index (κ1) is 23.1. The van der Waals surface area contributed by atoms with Crippen LogP contribution in [0, 0.1) is 5.41 Å². The second kappa shape index (κ2) is 7.14. The standard InChI is InChI=1S/C19H42O2Si2/c1-14-16(21-23(12,13)18(5,6)7)19(8,9)15-20-22(10,11)17(2,3)4/h14,16H,1,15H2,2-13H3/t16-/m0/s1. The molecule has 4 heteroatoms. The molecule has 0 aromatic carbocycles. The summed E-state index contributed by atoms with van der Waals surface area (Å²) in [6.45, 7) is 32.1. The van der Waals surface area contributed by atoms with Gasteiger partial charge in [-0.3, -0.25) is 0 Å². The largest absolute Gasteiger partial charge is 0.416 e. The van der Waals surface area contributed by atoms with Crippen molar-refractivity contribution < 1.29 is 8.85 Å². The van der Waals surface area contributed by atoms with Crippen molar-refractivity contribution in [1.82, 2.24) is 0 Å². The second-order valence-electron chi connectivity index (χ2n) is 10.6. The minimum absolute atomic E-state index is 0.0214. The Bertz CT molecular complexity index is 399. The SMILES string of the molecule is C=C[C@H](O[Si](C)(C)C(C)(C)C)C(C)(C)CO[Si](C)(C)C(C)(C)C. The molecule has 0 aromatic heterocycles. The predicted octanol–water partition coefficient (Wildman–Crippen LogP) is 6.61. The van der Waals surface area contributed by atoms with E-state index in [0.717, 1.165) is 6.61 Å². The normalized spacial score (nSPS) is 16.3. The molecule has 0 aliphatic heterocycles. The third-order valence-electron chi connectivity index (χ3n) is 5.82. The highest BCUT2D eigenvalue weighted by Gasteiger charge is 2.44. The summed E-state index contributed by atoms with van der Waals surface area (Å²) in [5.74, 6) is 0. The second-order valence-corrected chi connectivity index (χ2v) is 20.1. The third kappa shape index (κ3) is 6.15. The molecule has 0 saturated heterocycles. The number of hydrogen-bond donors (Lipinski definition) is 0. The van der Waals surface area contributed by atoms with Crippen molar-refractivity contribution in [3.63, 3.8) is 0 Å². The van der Waals surface area contributed by atoms with Gasteiger partial charge in [-0.15, -0.1) is 6.58 Å². The molecule has 0 heterocycles. The summed E-state index contributed by atoms with van der Waals surface area (Å²) in [6, 6.07) is 0. The number of rotatable bonds is 7. The average Bonchev–Trinajstić information content (AvgIpc) is 2.30. The van der Waals surface area contributed by atoms with Crippen molar-refractivity contribution in [2.75, 3.05) is 6.61 Å². The van der Waals surface area contributed by atoms with E-state index in [0.29, 0.717) is 0 Å². The zero-order valence-corrected chi connectivity index (χ0v) is 19.9. The molecule has 1 atom stereocenters. The Labute approximate surface area is 148 Å². The molecule has 0 amide bonds. The maximum Gasteiger partial charge on any atom is 0.192 e. The van der Waals surface area contributed by atoms with Crippen LogP contribution in [0.3, 0.4) is 0 Å². The fourth-order valence-electron chi connectivity index (χ4n) is 1.69. The minimum Gasteiger partial charge on any atom is -0.416 e. The lowest BCUT2D eigenvalue weighted by Crippen LogP contribution is -2.50. The van der Waals surface area contributed by atoms with Crippen LogP contribution in [-0.4, -0.2) is 29.3 Å². The van der Waals surface area contributed by atoms with E-state index in [-0.39, 0.29) is 21.6 Å². The van der Waals surface area contributed by atoms with E-state index in [2.05, 4.69) is 88.2 Å². The minimum atomic E-state index is -1.83. The number of hydrogen-bond acceptors (Lipinski definition) is 2. The van der Waals surface area contributed by atoms with Crippen LogP contribution in [-0.2, 0) is 8.85 Å². The highest BCUT2D eigenvalue weighted by atomic mass is 28.4. The van der Waals surface area contributed by atoms with Gasteiger partial charge >= 0.3 is 0 Å². The van der Waals surface area contributed by atoms with Gasteiger partial charge in [0.25, 0.3) is 0 Å².